The molecular weight excluding hydrogens is 368 g/mol. The van der Waals surface area contributed by atoms with Gasteiger partial charge < -0.3 is 9.47 Å². The molecule has 1 amide bonds. The van der Waals surface area contributed by atoms with E-state index in [0.29, 0.717) is 11.5 Å². The lowest BCUT2D eigenvalue weighted by Gasteiger charge is -2.10. The van der Waals surface area contributed by atoms with Gasteiger partial charge in [-0.15, -0.1) is 0 Å². The van der Waals surface area contributed by atoms with Gasteiger partial charge in [-0.1, -0.05) is 0 Å². The SMILES string of the molecule is COc1ccc(Oc2ncnc(NNC(=O)c3cccnc3)c2[N+](=O)[O-])cc1. The molecule has 3 rings (SSSR count). The molecule has 2 heterocycles. The number of aromatic nitrogens is 3. The van der Waals surface area contributed by atoms with E-state index in [9.17, 15) is 14.9 Å². The van der Waals surface area contributed by atoms with Crippen LogP contribution in [0.25, 0.3) is 0 Å². The first-order valence-corrected chi connectivity index (χ1v) is 7.86. The van der Waals surface area contributed by atoms with Gasteiger partial charge in [0.05, 0.1) is 17.6 Å². The topological polar surface area (TPSA) is 141 Å². The Labute approximate surface area is 158 Å². The molecule has 0 atom stereocenters. The molecule has 28 heavy (non-hydrogen) atoms. The summed E-state index contributed by atoms with van der Waals surface area (Å²) in [5, 5.41) is 11.5. The summed E-state index contributed by atoms with van der Waals surface area (Å²) in [5.41, 5.74) is 4.47. The molecule has 0 aliphatic heterocycles. The van der Waals surface area contributed by atoms with Crippen molar-refractivity contribution in [2.45, 2.75) is 0 Å². The van der Waals surface area contributed by atoms with Crippen molar-refractivity contribution in [3.8, 4) is 17.4 Å². The van der Waals surface area contributed by atoms with Crippen molar-refractivity contribution < 1.29 is 19.2 Å². The number of hydrogen-bond donors (Lipinski definition) is 2. The molecule has 2 aromatic heterocycles. The number of benzene rings is 1. The lowest BCUT2D eigenvalue weighted by molar-refractivity contribution is -0.385. The number of carbonyl (C=O) groups is 1. The van der Waals surface area contributed by atoms with Gasteiger partial charge in [-0.05, 0) is 36.4 Å². The van der Waals surface area contributed by atoms with Gasteiger partial charge in [0.15, 0.2) is 0 Å². The van der Waals surface area contributed by atoms with E-state index >= 15 is 0 Å². The fraction of sp³-hybridized carbons (Fsp3) is 0.0588. The molecule has 0 aliphatic rings. The van der Waals surface area contributed by atoms with E-state index in [1.807, 2.05) is 0 Å². The third kappa shape index (κ3) is 4.27. The highest BCUT2D eigenvalue weighted by Gasteiger charge is 2.25. The minimum absolute atomic E-state index is 0.235. The van der Waals surface area contributed by atoms with Crippen molar-refractivity contribution in [3.05, 3.63) is 70.8 Å². The summed E-state index contributed by atoms with van der Waals surface area (Å²) in [5.74, 6) is -0.152. The number of amides is 1. The van der Waals surface area contributed by atoms with Crippen LogP contribution < -0.4 is 20.3 Å². The van der Waals surface area contributed by atoms with E-state index in [1.165, 1.54) is 25.6 Å². The van der Waals surface area contributed by atoms with Gasteiger partial charge in [-0.25, -0.2) is 4.98 Å². The molecule has 2 N–H and O–H groups in total. The van der Waals surface area contributed by atoms with Crippen LogP contribution in [0.1, 0.15) is 10.4 Å². The average molecular weight is 382 g/mol. The number of hydrazine groups is 1. The van der Waals surface area contributed by atoms with Gasteiger partial charge in [-0.3, -0.25) is 30.7 Å². The quantitative estimate of drug-likeness (QED) is 0.465. The molecule has 11 nitrogen and oxygen atoms in total. The Morgan fingerprint density at radius 3 is 2.54 bits per heavy atom. The summed E-state index contributed by atoms with van der Waals surface area (Å²) < 4.78 is 10.5. The molecule has 0 aliphatic carbocycles. The highest BCUT2D eigenvalue weighted by molar-refractivity contribution is 5.94. The number of rotatable bonds is 7. The van der Waals surface area contributed by atoms with Crippen molar-refractivity contribution in [2.24, 2.45) is 0 Å². The van der Waals surface area contributed by atoms with E-state index in [-0.39, 0.29) is 17.3 Å². The Kier molecular flexibility index (Phi) is 5.55. The van der Waals surface area contributed by atoms with Crippen LogP contribution in [0.4, 0.5) is 11.5 Å². The molecule has 0 spiro atoms. The molecular formula is C17H14N6O5. The van der Waals surface area contributed by atoms with Crippen molar-refractivity contribution >= 4 is 17.4 Å². The highest BCUT2D eigenvalue weighted by Crippen LogP contribution is 2.34. The second kappa shape index (κ2) is 8.40. The predicted octanol–water partition coefficient (Wildman–Crippen LogP) is 2.34. The average Bonchev–Trinajstić information content (AvgIpc) is 2.73. The van der Waals surface area contributed by atoms with Crippen LogP contribution >= 0.6 is 0 Å². The van der Waals surface area contributed by atoms with Gasteiger partial charge in [0.25, 0.3) is 5.91 Å². The third-order valence-electron chi connectivity index (χ3n) is 3.46. The Morgan fingerprint density at radius 2 is 1.89 bits per heavy atom. The summed E-state index contributed by atoms with van der Waals surface area (Å²) in [6.07, 6.45) is 3.94. The number of ether oxygens (including phenoxy) is 2. The molecule has 0 saturated carbocycles. The maximum atomic E-state index is 12.1. The number of pyridine rings is 1. The number of anilines is 1. The fourth-order valence-electron chi connectivity index (χ4n) is 2.13. The van der Waals surface area contributed by atoms with Crippen molar-refractivity contribution in [1.82, 2.24) is 20.4 Å². The number of nitrogens with one attached hydrogen (secondary N) is 2. The largest absolute Gasteiger partial charge is 0.497 e. The summed E-state index contributed by atoms with van der Waals surface area (Å²) in [6, 6.07) is 9.54. The number of methoxy groups -OCH3 is 1. The minimum atomic E-state index is -0.711. The summed E-state index contributed by atoms with van der Waals surface area (Å²) in [6.45, 7) is 0. The Hall–Kier alpha value is -4.28. The summed E-state index contributed by atoms with van der Waals surface area (Å²) in [7, 11) is 1.52. The van der Waals surface area contributed by atoms with E-state index in [4.69, 9.17) is 9.47 Å². The minimum Gasteiger partial charge on any atom is -0.497 e. The maximum absolute atomic E-state index is 12.1. The number of carbonyl (C=O) groups excluding carboxylic acids is 1. The van der Waals surface area contributed by atoms with Crippen molar-refractivity contribution in [3.63, 3.8) is 0 Å². The third-order valence-corrected chi connectivity index (χ3v) is 3.46. The predicted molar refractivity (Wildman–Crippen MR) is 97.1 cm³/mol. The van der Waals surface area contributed by atoms with Gasteiger partial charge in [0.2, 0.25) is 5.82 Å². The number of nitro groups is 1. The molecule has 11 heteroatoms. The summed E-state index contributed by atoms with van der Waals surface area (Å²) >= 11 is 0. The van der Waals surface area contributed by atoms with Crippen LogP contribution in [-0.4, -0.2) is 32.9 Å². The van der Waals surface area contributed by atoms with E-state index in [0.717, 1.165) is 6.33 Å². The normalized spacial score (nSPS) is 10.0. The Bertz CT molecular complexity index is 981. The van der Waals surface area contributed by atoms with Crippen LogP contribution in [0.2, 0.25) is 0 Å². The van der Waals surface area contributed by atoms with Crippen LogP contribution in [0.15, 0.2) is 55.1 Å². The molecule has 1 aromatic carbocycles. The zero-order valence-electron chi connectivity index (χ0n) is 14.5. The van der Waals surface area contributed by atoms with E-state index < -0.39 is 16.5 Å². The Balaban J connectivity index is 1.80. The molecule has 0 saturated heterocycles. The highest BCUT2D eigenvalue weighted by atomic mass is 16.6. The first-order valence-electron chi connectivity index (χ1n) is 7.86. The number of hydrogen-bond acceptors (Lipinski definition) is 9. The van der Waals surface area contributed by atoms with Crippen LogP contribution in [0, 0.1) is 10.1 Å². The first kappa shape index (κ1) is 18.5. The standard InChI is InChI=1S/C17H14N6O5/c1-27-12-4-6-13(7-5-12)28-17-14(23(25)26)15(19-10-20-17)21-22-16(24)11-3-2-8-18-9-11/h2-10H,1H3,(H,22,24)(H,19,20,21). The van der Waals surface area contributed by atoms with Crippen molar-refractivity contribution in [1.29, 1.82) is 0 Å². The van der Waals surface area contributed by atoms with E-state index in [1.54, 1.807) is 30.3 Å². The monoisotopic (exact) mass is 382 g/mol. The van der Waals surface area contributed by atoms with Gasteiger partial charge in [0, 0.05) is 12.4 Å². The fourth-order valence-corrected chi connectivity index (χ4v) is 2.13. The van der Waals surface area contributed by atoms with Crippen LogP contribution in [0.3, 0.4) is 0 Å². The molecule has 142 valence electrons. The summed E-state index contributed by atoms with van der Waals surface area (Å²) in [4.78, 5) is 34.3. The van der Waals surface area contributed by atoms with Crippen LogP contribution in [-0.2, 0) is 0 Å². The second-order valence-electron chi connectivity index (χ2n) is 5.23. The smallest absolute Gasteiger partial charge is 0.374 e. The zero-order chi connectivity index (χ0) is 19.9. The van der Waals surface area contributed by atoms with E-state index in [2.05, 4.69) is 25.8 Å². The molecule has 0 fully saturated rings. The molecule has 0 unspecified atom stereocenters. The molecule has 3 aromatic rings. The second-order valence-corrected chi connectivity index (χ2v) is 5.23. The number of nitrogens with zero attached hydrogens (tertiary/aromatic N) is 4. The maximum Gasteiger partial charge on any atom is 0.374 e. The molecule has 0 radical (unpaired) electrons. The van der Waals surface area contributed by atoms with Gasteiger partial charge in [-0.2, -0.15) is 4.98 Å². The van der Waals surface area contributed by atoms with Gasteiger partial charge >= 0.3 is 11.6 Å². The first-order chi connectivity index (χ1) is 13.6. The molecule has 0 bridgehead atoms. The van der Waals surface area contributed by atoms with Gasteiger partial charge in [0.1, 0.15) is 17.8 Å². The van der Waals surface area contributed by atoms with Crippen LogP contribution in [0.5, 0.6) is 17.4 Å². The van der Waals surface area contributed by atoms with Crippen molar-refractivity contribution in [2.75, 3.05) is 12.5 Å². The Morgan fingerprint density at radius 1 is 1.14 bits per heavy atom. The zero-order valence-corrected chi connectivity index (χ0v) is 14.5. The lowest BCUT2D eigenvalue weighted by Crippen LogP contribution is -2.30. The lowest BCUT2D eigenvalue weighted by atomic mass is 10.3.